The molecule has 0 saturated carbocycles. The lowest BCUT2D eigenvalue weighted by atomic mass is 9.88. The zero-order chi connectivity index (χ0) is 23.5. The van der Waals surface area contributed by atoms with Gasteiger partial charge in [-0.05, 0) is 79.8 Å². The van der Waals surface area contributed by atoms with Gasteiger partial charge in [0.05, 0.1) is 0 Å². The van der Waals surface area contributed by atoms with Gasteiger partial charge in [-0.1, -0.05) is 38.4 Å². The Morgan fingerprint density at radius 3 is 2.30 bits per heavy atom. The molecule has 2 saturated heterocycles. The SMILES string of the molecule is CC(C)C1CCN(Cc2cc(CC(C)C3CCN(Cc4c(F)cccc4F)C3)cnc2Cl)C1. The third-order valence-electron chi connectivity index (χ3n) is 7.73. The lowest BCUT2D eigenvalue weighted by Crippen LogP contribution is -2.24. The number of hydrogen-bond donors (Lipinski definition) is 0. The van der Waals surface area contributed by atoms with Crippen molar-refractivity contribution in [2.75, 3.05) is 26.2 Å². The second-order valence-electron chi connectivity index (χ2n) is 10.5. The second-order valence-corrected chi connectivity index (χ2v) is 10.8. The summed E-state index contributed by atoms with van der Waals surface area (Å²) in [5.41, 5.74) is 2.52. The molecule has 2 aliphatic rings. The maximum atomic E-state index is 14.0. The Morgan fingerprint density at radius 1 is 1.00 bits per heavy atom. The second kappa shape index (κ2) is 10.8. The Kier molecular flexibility index (Phi) is 8.03. The van der Waals surface area contributed by atoms with Gasteiger partial charge in [-0.3, -0.25) is 9.80 Å². The summed E-state index contributed by atoms with van der Waals surface area (Å²) < 4.78 is 28.1. The van der Waals surface area contributed by atoms with Crippen LogP contribution in [0, 0.1) is 35.3 Å². The van der Waals surface area contributed by atoms with Crippen LogP contribution in [0.3, 0.4) is 0 Å². The molecule has 1 aromatic heterocycles. The van der Waals surface area contributed by atoms with E-state index < -0.39 is 11.6 Å². The number of rotatable bonds is 8. The molecule has 4 rings (SSSR count). The number of nitrogens with zero attached hydrogens (tertiary/aromatic N) is 3. The average Bonchev–Trinajstić information content (AvgIpc) is 3.43. The lowest BCUT2D eigenvalue weighted by molar-refractivity contribution is 0.281. The molecule has 33 heavy (non-hydrogen) atoms. The molecular weight excluding hydrogens is 440 g/mol. The number of hydrogen-bond acceptors (Lipinski definition) is 3. The fourth-order valence-electron chi connectivity index (χ4n) is 5.47. The number of likely N-dealkylation sites (tertiary alicyclic amines) is 2. The number of halogens is 3. The van der Waals surface area contributed by atoms with E-state index >= 15 is 0 Å². The van der Waals surface area contributed by atoms with E-state index in [2.05, 4.69) is 41.6 Å². The molecular formula is C27H36ClF2N3. The summed E-state index contributed by atoms with van der Waals surface area (Å²) in [4.78, 5) is 9.16. The van der Waals surface area contributed by atoms with Crippen LogP contribution in [0.1, 0.15) is 50.3 Å². The minimum absolute atomic E-state index is 0.180. The zero-order valence-corrected chi connectivity index (χ0v) is 20.8. The lowest BCUT2D eigenvalue weighted by Gasteiger charge is -2.22. The van der Waals surface area contributed by atoms with Crippen molar-refractivity contribution in [3.05, 3.63) is 63.9 Å². The van der Waals surface area contributed by atoms with Crippen molar-refractivity contribution in [2.24, 2.45) is 23.7 Å². The predicted molar refractivity (Wildman–Crippen MR) is 130 cm³/mol. The molecule has 3 heterocycles. The molecule has 0 aliphatic carbocycles. The number of benzene rings is 1. The molecule has 3 unspecified atom stereocenters. The largest absolute Gasteiger partial charge is 0.299 e. The molecule has 0 N–H and O–H groups in total. The summed E-state index contributed by atoms with van der Waals surface area (Å²) in [5, 5.41) is 0.610. The Hall–Kier alpha value is -1.56. The standard InChI is InChI=1S/C27H36ClF2N3/c1-18(2)21-7-9-32(14-21)16-23-12-20(13-31-27(23)28)11-19(3)22-8-10-33(15-22)17-24-25(29)5-4-6-26(24)30/h4-6,12-13,18-19,21-22H,7-11,14-17H2,1-3H3. The van der Waals surface area contributed by atoms with Crippen LogP contribution < -0.4 is 0 Å². The van der Waals surface area contributed by atoms with Crippen LogP contribution in [0.4, 0.5) is 8.78 Å². The third-order valence-corrected chi connectivity index (χ3v) is 8.07. The van der Waals surface area contributed by atoms with Crippen LogP contribution in [0.5, 0.6) is 0 Å². The molecule has 0 amide bonds. The van der Waals surface area contributed by atoms with E-state index in [4.69, 9.17) is 11.6 Å². The first-order chi connectivity index (χ1) is 15.8. The van der Waals surface area contributed by atoms with E-state index in [0.717, 1.165) is 63.0 Å². The van der Waals surface area contributed by atoms with Crippen molar-refractivity contribution in [3.63, 3.8) is 0 Å². The fourth-order valence-corrected chi connectivity index (χ4v) is 5.64. The number of aromatic nitrogens is 1. The maximum absolute atomic E-state index is 14.0. The Bertz CT molecular complexity index is 931. The van der Waals surface area contributed by atoms with Crippen LogP contribution in [0.25, 0.3) is 0 Å². The highest BCUT2D eigenvalue weighted by Crippen LogP contribution is 2.30. The van der Waals surface area contributed by atoms with Gasteiger partial charge in [-0.25, -0.2) is 13.8 Å². The molecule has 3 nitrogen and oxygen atoms in total. The molecule has 0 bridgehead atoms. The Labute approximate surface area is 202 Å². The van der Waals surface area contributed by atoms with Crippen LogP contribution in [-0.2, 0) is 19.5 Å². The fraction of sp³-hybridized carbons (Fsp3) is 0.593. The topological polar surface area (TPSA) is 19.4 Å². The van der Waals surface area contributed by atoms with E-state index in [9.17, 15) is 8.78 Å². The van der Waals surface area contributed by atoms with E-state index in [1.54, 1.807) is 0 Å². The molecule has 6 heteroatoms. The molecule has 0 radical (unpaired) electrons. The zero-order valence-electron chi connectivity index (χ0n) is 20.0. The van der Waals surface area contributed by atoms with Crippen LogP contribution >= 0.6 is 11.6 Å². The first-order valence-electron chi connectivity index (χ1n) is 12.3. The quantitative estimate of drug-likeness (QED) is 0.424. The van der Waals surface area contributed by atoms with Gasteiger partial charge in [0, 0.05) is 43.5 Å². The van der Waals surface area contributed by atoms with Gasteiger partial charge in [-0.15, -0.1) is 0 Å². The van der Waals surface area contributed by atoms with Crippen molar-refractivity contribution < 1.29 is 8.78 Å². The third kappa shape index (κ3) is 6.12. The Morgan fingerprint density at radius 2 is 1.64 bits per heavy atom. The number of pyridine rings is 1. The highest BCUT2D eigenvalue weighted by Gasteiger charge is 2.29. The first-order valence-corrected chi connectivity index (χ1v) is 12.7. The minimum Gasteiger partial charge on any atom is -0.299 e. The molecule has 180 valence electrons. The van der Waals surface area contributed by atoms with Gasteiger partial charge in [0.15, 0.2) is 0 Å². The highest BCUT2D eigenvalue weighted by atomic mass is 35.5. The van der Waals surface area contributed by atoms with Crippen molar-refractivity contribution in [1.82, 2.24) is 14.8 Å². The molecule has 2 aliphatic heterocycles. The van der Waals surface area contributed by atoms with E-state index in [1.165, 1.54) is 30.2 Å². The average molecular weight is 476 g/mol. The monoisotopic (exact) mass is 475 g/mol. The maximum Gasteiger partial charge on any atom is 0.133 e. The summed E-state index contributed by atoms with van der Waals surface area (Å²) in [6, 6.07) is 6.33. The summed E-state index contributed by atoms with van der Waals surface area (Å²) in [7, 11) is 0. The van der Waals surface area contributed by atoms with Gasteiger partial charge in [0.2, 0.25) is 0 Å². The molecule has 0 spiro atoms. The van der Waals surface area contributed by atoms with Crippen molar-refractivity contribution in [2.45, 2.75) is 53.1 Å². The van der Waals surface area contributed by atoms with Gasteiger partial charge in [0.25, 0.3) is 0 Å². The first kappa shape index (κ1) is 24.6. The van der Waals surface area contributed by atoms with Gasteiger partial charge in [-0.2, -0.15) is 0 Å². The summed E-state index contributed by atoms with van der Waals surface area (Å²) in [5.74, 6) is 1.55. The smallest absolute Gasteiger partial charge is 0.133 e. The van der Waals surface area contributed by atoms with Crippen LogP contribution in [-0.4, -0.2) is 41.0 Å². The van der Waals surface area contributed by atoms with Gasteiger partial charge >= 0.3 is 0 Å². The minimum atomic E-state index is -0.455. The van der Waals surface area contributed by atoms with E-state index in [0.29, 0.717) is 23.5 Å². The molecule has 1 aromatic carbocycles. The normalized spacial score (nSPS) is 23.0. The highest BCUT2D eigenvalue weighted by molar-refractivity contribution is 6.30. The van der Waals surface area contributed by atoms with Crippen LogP contribution in [0.15, 0.2) is 30.5 Å². The van der Waals surface area contributed by atoms with Crippen molar-refractivity contribution in [1.29, 1.82) is 0 Å². The van der Waals surface area contributed by atoms with Crippen molar-refractivity contribution >= 4 is 11.6 Å². The summed E-state index contributed by atoms with van der Waals surface area (Å²) in [6.07, 6.45) is 5.16. The molecule has 2 fully saturated rings. The molecule has 3 atom stereocenters. The molecule has 2 aromatic rings. The van der Waals surface area contributed by atoms with Gasteiger partial charge in [0.1, 0.15) is 16.8 Å². The predicted octanol–water partition coefficient (Wildman–Crippen LogP) is 6.19. The van der Waals surface area contributed by atoms with E-state index in [1.807, 2.05) is 6.20 Å². The van der Waals surface area contributed by atoms with Crippen LogP contribution in [0.2, 0.25) is 5.15 Å². The summed E-state index contributed by atoms with van der Waals surface area (Å²) >= 11 is 6.45. The summed E-state index contributed by atoms with van der Waals surface area (Å²) in [6.45, 7) is 12.1. The Balaban J connectivity index is 1.33. The van der Waals surface area contributed by atoms with E-state index in [-0.39, 0.29) is 5.56 Å². The van der Waals surface area contributed by atoms with Crippen molar-refractivity contribution in [3.8, 4) is 0 Å². The van der Waals surface area contributed by atoms with Gasteiger partial charge < -0.3 is 0 Å².